The van der Waals surface area contributed by atoms with E-state index in [1.54, 1.807) is 49.6 Å². The highest BCUT2D eigenvalue weighted by Gasteiger charge is 2.35. The van der Waals surface area contributed by atoms with E-state index in [2.05, 4.69) is 32.5 Å². The summed E-state index contributed by atoms with van der Waals surface area (Å²) in [4.78, 5) is 62.5. The van der Waals surface area contributed by atoms with Gasteiger partial charge in [-0.3, -0.25) is 23.9 Å². The Morgan fingerprint density at radius 1 is 1.10 bits per heavy atom. The monoisotopic (exact) mass is 555 g/mol. The smallest absolute Gasteiger partial charge is 0.331 e. The third-order valence-corrected chi connectivity index (χ3v) is 8.25. The number of carbonyl (C=O) groups is 3. The van der Waals surface area contributed by atoms with E-state index in [0.29, 0.717) is 43.7 Å². The molecule has 1 fully saturated rings. The number of thiophene rings is 1. The molecule has 2 aliphatic rings. The van der Waals surface area contributed by atoms with Crippen LogP contribution >= 0.6 is 11.3 Å². The van der Waals surface area contributed by atoms with E-state index in [0.717, 1.165) is 19.3 Å². The highest BCUT2D eigenvalue weighted by Crippen LogP contribution is 2.46. The van der Waals surface area contributed by atoms with Crippen LogP contribution in [0.25, 0.3) is 16.0 Å². The van der Waals surface area contributed by atoms with Crippen LogP contribution in [-0.2, 0) is 4.79 Å². The van der Waals surface area contributed by atoms with Crippen molar-refractivity contribution in [2.75, 3.05) is 10.2 Å². The molecule has 4 aromatic heterocycles. The second kappa shape index (κ2) is 10.0. The van der Waals surface area contributed by atoms with E-state index in [4.69, 9.17) is 0 Å². The summed E-state index contributed by atoms with van der Waals surface area (Å²) in [7, 11) is 0. The molecule has 12 heteroatoms. The number of aromatic nitrogens is 3. The molecule has 0 saturated heterocycles. The number of nitrogens with zero attached hydrogens (tertiary/aromatic N) is 4. The van der Waals surface area contributed by atoms with Crippen LogP contribution in [0.15, 0.2) is 66.2 Å². The standard InChI is InChI=1S/C28H25N7O4S/c1-3-21(36)31-16-7-6-8-17(16)32-26(38)25-24-23-19(12-13-29-27(23)40-25)35(28(39)33-24)18-10-11-20(30-15(18)2)34-14-5-4-9-22(34)37/h3-5,9-14,16-17H,1,6-8H2,2H3,(H,31,36)(H,32,38)(H,33,39)/t16-,17+/m0/s1. The van der Waals surface area contributed by atoms with Crippen molar-refractivity contribution >= 4 is 56.5 Å². The van der Waals surface area contributed by atoms with Crippen LogP contribution in [0.2, 0.25) is 0 Å². The second-order valence-corrected chi connectivity index (χ2v) is 10.6. The molecule has 1 aliphatic carbocycles. The number of urea groups is 1. The third kappa shape index (κ3) is 4.31. The topological polar surface area (TPSA) is 138 Å². The maximum atomic E-state index is 13.5. The van der Waals surface area contributed by atoms with E-state index in [-0.39, 0.29) is 29.5 Å². The summed E-state index contributed by atoms with van der Waals surface area (Å²) >= 11 is 1.20. The largest absolute Gasteiger partial charge is 0.348 e. The van der Waals surface area contributed by atoms with Gasteiger partial charge in [-0.05, 0) is 56.5 Å². The Kier molecular flexibility index (Phi) is 6.39. The molecule has 11 nitrogen and oxygen atoms in total. The molecule has 4 aromatic rings. The van der Waals surface area contributed by atoms with E-state index < -0.39 is 6.03 Å². The van der Waals surface area contributed by atoms with Gasteiger partial charge in [0.1, 0.15) is 15.5 Å². The molecule has 40 heavy (non-hydrogen) atoms. The van der Waals surface area contributed by atoms with Crippen molar-refractivity contribution < 1.29 is 14.4 Å². The van der Waals surface area contributed by atoms with Crippen molar-refractivity contribution in [3.8, 4) is 5.82 Å². The number of amides is 4. The number of aryl methyl sites for hydroxylation is 1. The zero-order valence-corrected chi connectivity index (χ0v) is 22.3. The first-order valence-corrected chi connectivity index (χ1v) is 13.6. The lowest BCUT2D eigenvalue weighted by Gasteiger charge is -2.29. The number of nitrogens with one attached hydrogen (secondary N) is 3. The first-order valence-electron chi connectivity index (χ1n) is 12.8. The molecule has 6 rings (SSSR count). The Hall–Kier alpha value is -4.84. The number of carbonyl (C=O) groups excluding carboxylic acids is 3. The average molecular weight is 556 g/mol. The van der Waals surface area contributed by atoms with Crippen molar-refractivity contribution in [2.45, 2.75) is 38.3 Å². The van der Waals surface area contributed by atoms with Gasteiger partial charge in [0.25, 0.3) is 11.5 Å². The Balaban J connectivity index is 1.34. The highest BCUT2D eigenvalue weighted by molar-refractivity contribution is 7.21. The fourth-order valence-corrected chi connectivity index (χ4v) is 6.31. The molecule has 1 aliphatic heterocycles. The molecular weight excluding hydrogens is 530 g/mol. The number of pyridine rings is 3. The van der Waals surface area contributed by atoms with Gasteiger partial charge in [0.15, 0.2) is 0 Å². The molecule has 2 atom stereocenters. The van der Waals surface area contributed by atoms with Gasteiger partial charge in [0.05, 0.1) is 28.1 Å². The summed E-state index contributed by atoms with van der Waals surface area (Å²) in [5.41, 5.74) is 1.84. The second-order valence-electron chi connectivity index (χ2n) is 9.59. The first-order chi connectivity index (χ1) is 19.4. The molecule has 4 amide bonds. The summed E-state index contributed by atoms with van der Waals surface area (Å²) in [5.74, 6) is -0.176. The lowest BCUT2D eigenvalue weighted by atomic mass is 10.1. The predicted octanol–water partition coefficient (Wildman–Crippen LogP) is 3.79. The van der Waals surface area contributed by atoms with Crippen LogP contribution in [0.3, 0.4) is 0 Å². The van der Waals surface area contributed by atoms with Crippen molar-refractivity contribution in [1.29, 1.82) is 0 Å². The first kappa shape index (κ1) is 25.4. The van der Waals surface area contributed by atoms with Gasteiger partial charge in [-0.1, -0.05) is 12.6 Å². The molecule has 0 radical (unpaired) electrons. The lowest BCUT2D eigenvalue weighted by Crippen LogP contribution is -2.48. The van der Waals surface area contributed by atoms with E-state index in [9.17, 15) is 19.2 Å². The molecule has 202 valence electrons. The van der Waals surface area contributed by atoms with Gasteiger partial charge in [0, 0.05) is 30.5 Å². The average Bonchev–Trinajstić information content (AvgIpc) is 3.54. The number of hydrogen-bond donors (Lipinski definition) is 3. The van der Waals surface area contributed by atoms with Crippen molar-refractivity contribution in [3.05, 3.63) is 82.4 Å². The normalized spacial score (nSPS) is 17.9. The van der Waals surface area contributed by atoms with Gasteiger partial charge in [0.2, 0.25) is 5.91 Å². The Labute approximate surface area is 232 Å². The van der Waals surface area contributed by atoms with Crippen LogP contribution in [0.4, 0.5) is 21.9 Å². The number of anilines is 3. The molecule has 1 saturated carbocycles. The summed E-state index contributed by atoms with van der Waals surface area (Å²) in [6.45, 7) is 5.26. The summed E-state index contributed by atoms with van der Waals surface area (Å²) in [5, 5.41) is 9.47. The van der Waals surface area contributed by atoms with Crippen LogP contribution < -0.4 is 26.4 Å². The fraction of sp³-hybridized carbons (Fsp3) is 0.214. The maximum Gasteiger partial charge on any atom is 0.331 e. The minimum atomic E-state index is -0.445. The van der Waals surface area contributed by atoms with Crippen molar-refractivity contribution in [3.63, 3.8) is 0 Å². The van der Waals surface area contributed by atoms with E-state index in [1.165, 1.54) is 32.9 Å². The Morgan fingerprint density at radius 3 is 2.65 bits per heavy atom. The predicted molar refractivity (Wildman–Crippen MR) is 153 cm³/mol. The van der Waals surface area contributed by atoms with E-state index >= 15 is 0 Å². The number of rotatable bonds is 6. The molecule has 0 aromatic carbocycles. The van der Waals surface area contributed by atoms with Crippen molar-refractivity contribution in [2.24, 2.45) is 0 Å². The molecule has 3 N–H and O–H groups in total. The molecule has 0 unspecified atom stereocenters. The zero-order valence-electron chi connectivity index (χ0n) is 21.5. The summed E-state index contributed by atoms with van der Waals surface area (Å²) < 4.78 is 1.43. The van der Waals surface area contributed by atoms with Crippen LogP contribution in [0.1, 0.15) is 34.6 Å². The number of hydrogen-bond acceptors (Lipinski definition) is 7. The van der Waals surface area contributed by atoms with Gasteiger partial charge < -0.3 is 16.0 Å². The van der Waals surface area contributed by atoms with Gasteiger partial charge in [-0.25, -0.2) is 14.8 Å². The third-order valence-electron chi connectivity index (χ3n) is 7.15. The molecule has 5 heterocycles. The van der Waals surface area contributed by atoms with Gasteiger partial charge in [-0.2, -0.15) is 0 Å². The molecular formula is C28H25N7O4S. The quantitative estimate of drug-likeness (QED) is 0.310. The Morgan fingerprint density at radius 2 is 1.90 bits per heavy atom. The molecule has 0 spiro atoms. The van der Waals surface area contributed by atoms with Crippen LogP contribution in [0.5, 0.6) is 0 Å². The van der Waals surface area contributed by atoms with Crippen LogP contribution in [0, 0.1) is 6.92 Å². The lowest BCUT2D eigenvalue weighted by molar-refractivity contribution is -0.117. The molecule has 0 bridgehead atoms. The van der Waals surface area contributed by atoms with E-state index in [1.807, 2.05) is 0 Å². The Bertz CT molecular complexity index is 1760. The highest BCUT2D eigenvalue weighted by atomic mass is 32.1. The minimum Gasteiger partial charge on any atom is -0.348 e. The summed E-state index contributed by atoms with van der Waals surface area (Å²) in [6, 6.07) is 9.13. The maximum absolute atomic E-state index is 13.5. The van der Waals surface area contributed by atoms with Crippen LogP contribution in [-0.4, -0.2) is 44.5 Å². The van der Waals surface area contributed by atoms with Crippen molar-refractivity contribution in [1.82, 2.24) is 25.2 Å². The zero-order chi connectivity index (χ0) is 28.0. The van der Waals surface area contributed by atoms with Gasteiger partial charge in [-0.15, -0.1) is 11.3 Å². The summed E-state index contributed by atoms with van der Waals surface area (Å²) in [6.07, 6.45) is 6.81. The minimum absolute atomic E-state index is 0.191. The SMILES string of the molecule is C=CC(=O)N[C@H]1CCC[C@H]1NC(=O)c1sc2nccc3c2c1NC(=O)N3c1ccc(-n2ccccc2=O)nc1C. The van der Waals surface area contributed by atoms with Gasteiger partial charge >= 0.3 is 6.03 Å². The fourth-order valence-electron chi connectivity index (χ4n) is 5.29.